The van der Waals surface area contributed by atoms with Crippen molar-refractivity contribution in [3.63, 3.8) is 0 Å². The molecule has 2 aromatic rings. The highest BCUT2D eigenvalue weighted by Gasteiger charge is 2.09. The summed E-state index contributed by atoms with van der Waals surface area (Å²) in [5, 5.41) is 9.65. The number of halogens is 2. The number of carbonyl (C=O) groups is 2. The highest BCUT2D eigenvalue weighted by molar-refractivity contribution is 9.10. The zero-order valence-corrected chi connectivity index (χ0v) is 23.0. The van der Waals surface area contributed by atoms with Gasteiger partial charge in [-0.15, -0.1) is 0 Å². The Morgan fingerprint density at radius 2 is 1.18 bits per heavy atom. The van der Waals surface area contributed by atoms with Crippen molar-refractivity contribution < 1.29 is 29.0 Å². The van der Waals surface area contributed by atoms with Gasteiger partial charge in [-0.2, -0.15) is 0 Å². The molecule has 0 fully saturated rings. The number of carbonyl (C=O) groups excluding carboxylic acids is 1. The van der Waals surface area contributed by atoms with Crippen LogP contribution in [0.15, 0.2) is 33.2 Å². The van der Waals surface area contributed by atoms with Crippen molar-refractivity contribution in [1.82, 2.24) is 5.06 Å². The van der Waals surface area contributed by atoms with Crippen molar-refractivity contribution in [3.8, 4) is 11.5 Å². The smallest absolute Gasteiger partial charge is 0.306 e. The van der Waals surface area contributed by atoms with E-state index in [-0.39, 0.29) is 18.9 Å². The average molecular weight is 589 g/mol. The number of hydroxylamine groups is 2. The Bertz CT molecular complexity index is 918. The second-order valence-corrected chi connectivity index (χ2v) is 8.99. The standard InChI is InChI=1S/C13H18BrNO3.C11H13BrO3/c1-9-7-11(8-10(2)13(9)14)18-6-5-12(16)15(3)17-4;1-7-5-9(6-8(2)11(7)12)15-4-3-10(13)14/h7-8H,5-6H2,1-4H3;5-6H,3-4H2,1-2H3,(H,13,14). The summed E-state index contributed by atoms with van der Waals surface area (Å²) < 4.78 is 13.0. The number of carboxylic acids is 1. The molecule has 33 heavy (non-hydrogen) atoms. The van der Waals surface area contributed by atoms with E-state index in [0.717, 1.165) is 42.7 Å². The van der Waals surface area contributed by atoms with Crippen LogP contribution in [0.3, 0.4) is 0 Å². The molecule has 7 nitrogen and oxygen atoms in total. The zero-order chi connectivity index (χ0) is 25.1. The van der Waals surface area contributed by atoms with Crippen LogP contribution in [0, 0.1) is 27.7 Å². The molecular weight excluding hydrogens is 558 g/mol. The maximum Gasteiger partial charge on any atom is 0.306 e. The Labute approximate surface area is 212 Å². The highest BCUT2D eigenvalue weighted by Crippen LogP contribution is 2.27. The van der Waals surface area contributed by atoms with E-state index in [9.17, 15) is 9.59 Å². The van der Waals surface area contributed by atoms with Gasteiger partial charge in [0.1, 0.15) is 11.5 Å². The van der Waals surface area contributed by atoms with Crippen molar-refractivity contribution in [2.24, 2.45) is 0 Å². The molecule has 1 amide bonds. The fraction of sp³-hybridized carbons (Fsp3) is 0.417. The third kappa shape index (κ3) is 10.1. The van der Waals surface area contributed by atoms with Crippen LogP contribution in [0.4, 0.5) is 0 Å². The molecule has 0 aliphatic heterocycles. The van der Waals surface area contributed by atoms with Crippen molar-refractivity contribution in [2.75, 3.05) is 27.4 Å². The molecule has 0 saturated heterocycles. The van der Waals surface area contributed by atoms with E-state index in [1.54, 1.807) is 7.05 Å². The van der Waals surface area contributed by atoms with E-state index in [0.29, 0.717) is 13.0 Å². The number of benzene rings is 2. The van der Waals surface area contributed by atoms with E-state index in [2.05, 4.69) is 31.9 Å². The number of hydrogen-bond acceptors (Lipinski definition) is 5. The van der Waals surface area contributed by atoms with Crippen LogP contribution in [-0.4, -0.2) is 49.4 Å². The molecule has 0 aliphatic rings. The van der Waals surface area contributed by atoms with E-state index >= 15 is 0 Å². The van der Waals surface area contributed by atoms with Crippen molar-refractivity contribution in [3.05, 3.63) is 55.5 Å². The Morgan fingerprint density at radius 3 is 1.52 bits per heavy atom. The number of hydrogen-bond donors (Lipinski definition) is 1. The van der Waals surface area contributed by atoms with Crippen molar-refractivity contribution in [2.45, 2.75) is 40.5 Å². The quantitative estimate of drug-likeness (QED) is 0.374. The number of nitrogens with zero attached hydrogens (tertiary/aromatic N) is 1. The lowest BCUT2D eigenvalue weighted by atomic mass is 10.1. The molecule has 0 aromatic heterocycles. The highest BCUT2D eigenvalue weighted by atomic mass is 79.9. The minimum atomic E-state index is -0.847. The number of ether oxygens (including phenoxy) is 2. The largest absolute Gasteiger partial charge is 0.493 e. The monoisotopic (exact) mass is 587 g/mol. The van der Waals surface area contributed by atoms with Crippen LogP contribution in [-0.2, 0) is 14.4 Å². The summed E-state index contributed by atoms with van der Waals surface area (Å²) in [7, 11) is 3.04. The lowest BCUT2D eigenvalue weighted by Crippen LogP contribution is -2.26. The lowest BCUT2D eigenvalue weighted by Gasteiger charge is -2.14. The van der Waals surface area contributed by atoms with Gasteiger partial charge in [0.25, 0.3) is 0 Å². The van der Waals surface area contributed by atoms with Gasteiger partial charge < -0.3 is 14.6 Å². The van der Waals surface area contributed by atoms with Crippen molar-refractivity contribution >= 4 is 43.7 Å². The Balaban J connectivity index is 0.000000335. The Kier molecular flexibility index (Phi) is 12.5. The van der Waals surface area contributed by atoms with E-state index < -0.39 is 5.97 Å². The molecule has 9 heteroatoms. The first-order valence-electron chi connectivity index (χ1n) is 10.3. The van der Waals surface area contributed by atoms with Gasteiger partial charge in [-0.25, -0.2) is 5.06 Å². The first kappa shape index (κ1) is 28.9. The minimum Gasteiger partial charge on any atom is -0.493 e. The SMILES string of the molecule is CON(C)C(=O)CCOc1cc(C)c(Br)c(C)c1.Cc1cc(OCCC(=O)O)cc(C)c1Br. The summed E-state index contributed by atoms with van der Waals surface area (Å²) >= 11 is 6.96. The van der Waals surface area contributed by atoms with Crippen LogP contribution < -0.4 is 9.47 Å². The molecule has 182 valence electrons. The second kappa shape index (κ2) is 14.2. The van der Waals surface area contributed by atoms with Gasteiger partial charge in [0.05, 0.1) is 33.2 Å². The van der Waals surface area contributed by atoms with E-state index in [1.165, 1.54) is 12.2 Å². The van der Waals surface area contributed by atoms with Gasteiger partial charge in [-0.3, -0.25) is 14.4 Å². The fourth-order valence-corrected chi connectivity index (χ4v) is 3.21. The van der Waals surface area contributed by atoms with Gasteiger partial charge in [-0.1, -0.05) is 31.9 Å². The van der Waals surface area contributed by atoms with Gasteiger partial charge >= 0.3 is 5.97 Å². The summed E-state index contributed by atoms with van der Waals surface area (Å²) in [6.07, 6.45) is 0.312. The number of amides is 1. The summed E-state index contributed by atoms with van der Waals surface area (Å²) in [6, 6.07) is 7.67. The van der Waals surface area contributed by atoms with Gasteiger partial charge in [0, 0.05) is 16.0 Å². The summed E-state index contributed by atoms with van der Waals surface area (Å²) in [4.78, 5) is 26.5. The number of aryl methyl sites for hydroxylation is 4. The van der Waals surface area contributed by atoms with Crippen LogP contribution in [0.1, 0.15) is 35.1 Å². The fourth-order valence-electron chi connectivity index (χ4n) is 2.75. The second-order valence-electron chi connectivity index (χ2n) is 7.41. The number of rotatable bonds is 9. The maximum absolute atomic E-state index is 11.5. The molecule has 2 aromatic carbocycles. The molecule has 1 N–H and O–H groups in total. The predicted octanol–water partition coefficient (Wildman–Crippen LogP) is 5.77. The molecule has 0 radical (unpaired) electrons. The summed E-state index contributed by atoms with van der Waals surface area (Å²) in [5.41, 5.74) is 4.40. The summed E-state index contributed by atoms with van der Waals surface area (Å²) in [5.74, 6) is 0.541. The van der Waals surface area contributed by atoms with Crippen LogP contribution in [0.2, 0.25) is 0 Å². The number of carboxylic acid groups (broad SMARTS) is 1. The predicted molar refractivity (Wildman–Crippen MR) is 135 cm³/mol. The summed E-state index contributed by atoms with van der Waals surface area (Å²) in [6.45, 7) is 8.51. The van der Waals surface area contributed by atoms with Crippen LogP contribution >= 0.6 is 31.9 Å². The maximum atomic E-state index is 11.5. The van der Waals surface area contributed by atoms with E-state index in [4.69, 9.17) is 19.4 Å². The first-order valence-corrected chi connectivity index (χ1v) is 11.9. The van der Waals surface area contributed by atoms with Gasteiger partial charge in [0.15, 0.2) is 0 Å². The average Bonchev–Trinajstić information content (AvgIpc) is 2.75. The molecule has 0 bridgehead atoms. The van der Waals surface area contributed by atoms with Gasteiger partial charge in [-0.05, 0) is 74.2 Å². The lowest BCUT2D eigenvalue weighted by molar-refractivity contribution is -0.169. The molecule has 0 heterocycles. The Hall–Kier alpha value is -2.10. The molecule has 2 rings (SSSR count). The van der Waals surface area contributed by atoms with Gasteiger partial charge in [0.2, 0.25) is 5.91 Å². The van der Waals surface area contributed by atoms with Crippen LogP contribution in [0.25, 0.3) is 0 Å². The third-order valence-corrected chi connectivity index (χ3v) is 7.12. The zero-order valence-electron chi connectivity index (χ0n) is 19.8. The van der Waals surface area contributed by atoms with Crippen molar-refractivity contribution in [1.29, 1.82) is 0 Å². The normalized spacial score (nSPS) is 10.2. The topological polar surface area (TPSA) is 85.3 Å². The molecule has 0 spiro atoms. The Morgan fingerprint density at radius 1 is 0.818 bits per heavy atom. The van der Waals surface area contributed by atoms with E-state index in [1.807, 2.05) is 52.0 Å². The first-order chi connectivity index (χ1) is 15.5. The molecule has 0 aliphatic carbocycles. The minimum absolute atomic E-state index is 0.0220. The molecule has 0 saturated carbocycles. The molecule has 0 atom stereocenters. The molecule has 0 unspecified atom stereocenters. The third-order valence-electron chi connectivity index (χ3n) is 4.61. The van der Waals surface area contributed by atoms with Crippen LogP contribution in [0.5, 0.6) is 11.5 Å². The molecular formula is C24H31Br2NO6. The number of aliphatic carboxylic acids is 1.